The summed E-state index contributed by atoms with van der Waals surface area (Å²) in [6, 6.07) is 4.86. The van der Waals surface area contributed by atoms with Crippen LogP contribution in [0.1, 0.15) is 43.5 Å². The van der Waals surface area contributed by atoms with Gasteiger partial charge in [0.1, 0.15) is 0 Å². The number of hydrogen-bond acceptors (Lipinski definition) is 3. The Bertz CT molecular complexity index is 398. The molecule has 1 aliphatic rings. The molecule has 0 saturated carbocycles. The summed E-state index contributed by atoms with van der Waals surface area (Å²) >= 11 is 1.75. The van der Waals surface area contributed by atoms with Crippen LogP contribution < -0.4 is 5.32 Å². The van der Waals surface area contributed by atoms with Crippen molar-refractivity contribution in [3.8, 4) is 0 Å². The van der Waals surface area contributed by atoms with Crippen molar-refractivity contribution in [1.82, 2.24) is 10.2 Å². The zero-order valence-corrected chi connectivity index (χ0v) is 13.1. The van der Waals surface area contributed by atoms with E-state index >= 15 is 0 Å². The van der Waals surface area contributed by atoms with Crippen LogP contribution in [0, 0.1) is 0 Å². The average molecular weight is 320 g/mol. The monoisotopic (exact) mass is 320 g/mol. The average Bonchev–Trinajstić information content (AvgIpc) is 2.92. The fourth-order valence-corrected chi connectivity index (χ4v) is 3.70. The van der Waals surface area contributed by atoms with E-state index in [1.54, 1.807) is 11.3 Å². The van der Waals surface area contributed by atoms with Crippen LogP contribution in [-0.2, 0) is 0 Å². The molecule has 2 heterocycles. The molecule has 0 spiro atoms. The zero-order chi connectivity index (χ0) is 15.3. The molecule has 0 amide bonds. The van der Waals surface area contributed by atoms with Crippen molar-refractivity contribution < 1.29 is 13.2 Å². The van der Waals surface area contributed by atoms with Crippen molar-refractivity contribution in [1.29, 1.82) is 0 Å². The van der Waals surface area contributed by atoms with Crippen LogP contribution in [0.25, 0.3) is 0 Å². The van der Waals surface area contributed by atoms with Crippen molar-refractivity contribution in [2.75, 3.05) is 19.6 Å². The van der Waals surface area contributed by atoms with Gasteiger partial charge in [0.15, 0.2) is 0 Å². The van der Waals surface area contributed by atoms with Crippen molar-refractivity contribution >= 4 is 11.3 Å². The highest BCUT2D eigenvalue weighted by molar-refractivity contribution is 7.10. The Hall–Kier alpha value is -0.590. The molecule has 1 fully saturated rings. The first-order chi connectivity index (χ1) is 9.98. The number of thiophene rings is 1. The third-order valence-electron chi connectivity index (χ3n) is 3.89. The maximum atomic E-state index is 12.4. The second-order valence-corrected chi connectivity index (χ2v) is 6.67. The molecular weight excluding hydrogens is 297 g/mol. The highest BCUT2D eigenvalue weighted by Gasteiger charge is 2.32. The third-order valence-corrected chi connectivity index (χ3v) is 4.88. The molecule has 1 atom stereocenters. The van der Waals surface area contributed by atoms with Crippen LogP contribution in [-0.4, -0.2) is 36.8 Å². The predicted octanol–water partition coefficient (Wildman–Crippen LogP) is 4.21. The normalized spacial score (nSPS) is 19.8. The van der Waals surface area contributed by atoms with E-state index in [1.165, 1.54) is 9.78 Å². The molecule has 1 N–H and O–H groups in total. The Morgan fingerprint density at radius 3 is 2.62 bits per heavy atom. The molecule has 2 rings (SSSR count). The van der Waals surface area contributed by atoms with Gasteiger partial charge < -0.3 is 5.32 Å². The Morgan fingerprint density at radius 2 is 2.10 bits per heavy atom. The van der Waals surface area contributed by atoms with Gasteiger partial charge in [0.25, 0.3) is 0 Å². The number of likely N-dealkylation sites (tertiary alicyclic amines) is 1. The van der Waals surface area contributed by atoms with Gasteiger partial charge in [0.2, 0.25) is 0 Å². The highest BCUT2D eigenvalue weighted by Crippen LogP contribution is 2.26. The van der Waals surface area contributed by atoms with Gasteiger partial charge in [-0.3, -0.25) is 4.90 Å². The largest absolute Gasteiger partial charge is 0.401 e. The molecule has 1 aromatic heterocycles. The Morgan fingerprint density at radius 1 is 1.38 bits per heavy atom. The summed E-state index contributed by atoms with van der Waals surface area (Å²) in [6.45, 7) is 2.44. The van der Waals surface area contributed by atoms with Crippen LogP contribution in [0.4, 0.5) is 13.2 Å². The van der Waals surface area contributed by atoms with Crippen molar-refractivity contribution in [3.05, 3.63) is 22.4 Å². The molecule has 1 aromatic rings. The number of halogens is 3. The van der Waals surface area contributed by atoms with Crippen LogP contribution in [0.3, 0.4) is 0 Å². The van der Waals surface area contributed by atoms with Crippen molar-refractivity contribution in [2.45, 2.75) is 50.9 Å². The van der Waals surface area contributed by atoms with Gasteiger partial charge in [-0.05, 0) is 43.8 Å². The number of piperidine rings is 1. The van der Waals surface area contributed by atoms with Crippen LogP contribution in [0.2, 0.25) is 0 Å². The quantitative estimate of drug-likeness (QED) is 0.845. The maximum Gasteiger partial charge on any atom is 0.401 e. The van der Waals surface area contributed by atoms with Gasteiger partial charge >= 0.3 is 6.18 Å². The standard InChI is InChI=1S/C15H23F3N2S/c1-2-4-13(14-5-3-10-21-14)19-12-6-8-20(9-7-12)11-15(16,17)18/h3,5,10,12-13,19H,2,4,6-9,11H2,1H3. The van der Waals surface area contributed by atoms with Crippen LogP contribution in [0.15, 0.2) is 17.5 Å². The minimum Gasteiger partial charge on any atom is -0.306 e. The van der Waals surface area contributed by atoms with E-state index < -0.39 is 12.7 Å². The second kappa shape index (κ2) is 7.61. The van der Waals surface area contributed by atoms with Gasteiger partial charge in [-0.25, -0.2) is 0 Å². The molecule has 0 radical (unpaired) electrons. The van der Waals surface area contributed by atoms with Gasteiger partial charge in [-0.2, -0.15) is 13.2 Å². The molecule has 1 aliphatic heterocycles. The summed E-state index contributed by atoms with van der Waals surface area (Å²) in [5.41, 5.74) is 0. The highest BCUT2D eigenvalue weighted by atomic mass is 32.1. The van der Waals surface area contributed by atoms with Crippen LogP contribution in [0.5, 0.6) is 0 Å². The summed E-state index contributed by atoms with van der Waals surface area (Å²) in [4.78, 5) is 2.84. The smallest absolute Gasteiger partial charge is 0.306 e. The lowest BCUT2D eigenvalue weighted by Crippen LogP contribution is -2.46. The fourth-order valence-electron chi connectivity index (χ4n) is 2.88. The SMILES string of the molecule is CCCC(NC1CCN(CC(F)(F)F)CC1)c1cccs1. The van der Waals surface area contributed by atoms with Crippen LogP contribution >= 0.6 is 11.3 Å². The van der Waals surface area contributed by atoms with Gasteiger partial charge in [-0.15, -0.1) is 11.3 Å². The molecule has 6 heteroatoms. The molecule has 1 unspecified atom stereocenters. The summed E-state index contributed by atoms with van der Waals surface area (Å²) < 4.78 is 37.1. The summed E-state index contributed by atoms with van der Waals surface area (Å²) in [7, 11) is 0. The van der Waals surface area contributed by atoms with Crippen molar-refractivity contribution in [2.24, 2.45) is 0 Å². The number of nitrogens with one attached hydrogen (secondary N) is 1. The lowest BCUT2D eigenvalue weighted by molar-refractivity contribution is -0.148. The molecule has 2 nitrogen and oxygen atoms in total. The summed E-state index contributed by atoms with van der Waals surface area (Å²) in [6.07, 6.45) is -0.322. The van der Waals surface area contributed by atoms with E-state index in [4.69, 9.17) is 0 Å². The van der Waals surface area contributed by atoms with Crippen molar-refractivity contribution in [3.63, 3.8) is 0 Å². The topological polar surface area (TPSA) is 15.3 Å². The van der Waals surface area contributed by atoms with E-state index in [0.717, 1.165) is 25.7 Å². The lowest BCUT2D eigenvalue weighted by Gasteiger charge is -2.34. The molecule has 1 saturated heterocycles. The second-order valence-electron chi connectivity index (χ2n) is 5.69. The minimum absolute atomic E-state index is 0.327. The minimum atomic E-state index is -4.08. The molecule has 0 aromatic carbocycles. The van der Waals surface area contributed by atoms with E-state index in [1.807, 2.05) is 0 Å². The van der Waals surface area contributed by atoms with E-state index in [9.17, 15) is 13.2 Å². The molecule has 0 bridgehead atoms. The zero-order valence-electron chi connectivity index (χ0n) is 12.3. The lowest BCUT2D eigenvalue weighted by atomic mass is 10.0. The van der Waals surface area contributed by atoms with E-state index in [-0.39, 0.29) is 0 Å². The maximum absolute atomic E-state index is 12.4. The molecule has 120 valence electrons. The Kier molecular flexibility index (Phi) is 6.08. The molecule has 0 aliphatic carbocycles. The molecular formula is C15H23F3N2S. The first kappa shape index (κ1) is 16.8. The first-order valence-electron chi connectivity index (χ1n) is 7.56. The first-order valence-corrected chi connectivity index (χ1v) is 8.44. The number of hydrogen-bond donors (Lipinski definition) is 1. The third kappa shape index (κ3) is 5.60. The molecule has 21 heavy (non-hydrogen) atoms. The predicted molar refractivity (Wildman–Crippen MR) is 80.6 cm³/mol. The van der Waals surface area contributed by atoms with E-state index in [0.29, 0.717) is 25.2 Å². The number of nitrogens with zero attached hydrogens (tertiary/aromatic N) is 1. The van der Waals surface area contributed by atoms with Gasteiger partial charge in [0, 0.05) is 17.0 Å². The number of rotatable bonds is 6. The van der Waals surface area contributed by atoms with E-state index in [2.05, 4.69) is 29.8 Å². The Balaban J connectivity index is 1.81. The summed E-state index contributed by atoms with van der Waals surface area (Å²) in [5, 5.41) is 5.72. The Labute approximate surface area is 128 Å². The number of alkyl halides is 3. The van der Waals surface area contributed by atoms with Gasteiger partial charge in [-0.1, -0.05) is 19.4 Å². The fraction of sp³-hybridized carbons (Fsp3) is 0.733. The van der Waals surface area contributed by atoms with Gasteiger partial charge in [0.05, 0.1) is 6.54 Å². The summed E-state index contributed by atoms with van der Waals surface area (Å²) in [5.74, 6) is 0.